The summed E-state index contributed by atoms with van der Waals surface area (Å²) < 4.78 is 25.3. The number of carbonyl (C=O) groups excluding carboxylic acids is 1. The maximum Gasteiger partial charge on any atom is 0.317 e. The highest BCUT2D eigenvalue weighted by Gasteiger charge is 2.29. The first-order valence-electron chi connectivity index (χ1n) is 8.56. The minimum Gasteiger partial charge on any atom is -0.338 e. The fraction of sp³-hybridized carbons (Fsp3) is 0.588. The van der Waals surface area contributed by atoms with Crippen molar-refractivity contribution in [1.82, 2.24) is 14.5 Å². The Kier molecular flexibility index (Phi) is 7.10. The van der Waals surface area contributed by atoms with Crippen LogP contribution in [0, 0.1) is 0 Å². The number of hydrogen-bond donors (Lipinski definition) is 1. The molecular formula is C17H26ClN3O3S. The first kappa shape index (κ1) is 20.0. The van der Waals surface area contributed by atoms with Gasteiger partial charge >= 0.3 is 6.03 Å². The Morgan fingerprint density at radius 1 is 1.36 bits per heavy atom. The van der Waals surface area contributed by atoms with Gasteiger partial charge in [-0.15, -0.1) is 0 Å². The van der Waals surface area contributed by atoms with Crippen molar-refractivity contribution in [3.8, 4) is 0 Å². The minimum absolute atomic E-state index is 0.0274. The van der Waals surface area contributed by atoms with Gasteiger partial charge in [0, 0.05) is 37.7 Å². The van der Waals surface area contributed by atoms with Gasteiger partial charge in [0.1, 0.15) is 0 Å². The van der Waals surface area contributed by atoms with Crippen LogP contribution in [0.5, 0.6) is 0 Å². The van der Waals surface area contributed by atoms with E-state index in [2.05, 4.69) is 5.32 Å². The monoisotopic (exact) mass is 387 g/mol. The molecule has 1 heterocycles. The average molecular weight is 388 g/mol. The third-order valence-corrected chi connectivity index (χ3v) is 6.79. The molecule has 6 nitrogen and oxygen atoms in total. The quantitative estimate of drug-likeness (QED) is 0.814. The molecule has 1 aromatic carbocycles. The number of urea groups is 1. The van der Waals surface area contributed by atoms with Crippen molar-refractivity contribution < 1.29 is 13.2 Å². The van der Waals surface area contributed by atoms with Crippen molar-refractivity contribution in [1.29, 1.82) is 0 Å². The molecule has 8 heteroatoms. The molecule has 0 aliphatic carbocycles. The highest BCUT2D eigenvalue weighted by atomic mass is 35.5. The normalized spacial score (nSPS) is 16.2. The highest BCUT2D eigenvalue weighted by molar-refractivity contribution is 7.89. The molecule has 1 fully saturated rings. The molecule has 1 N–H and O–H groups in total. The summed E-state index contributed by atoms with van der Waals surface area (Å²) in [5, 5.41) is 3.61. The van der Waals surface area contributed by atoms with E-state index in [4.69, 9.17) is 11.6 Å². The maximum atomic E-state index is 12.2. The molecule has 1 aliphatic rings. The zero-order chi connectivity index (χ0) is 18.4. The molecule has 0 radical (unpaired) electrons. The van der Waals surface area contributed by atoms with E-state index in [1.54, 1.807) is 18.9 Å². The number of halogens is 1. The van der Waals surface area contributed by atoms with Crippen molar-refractivity contribution in [2.24, 2.45) is 0 Å². The molecule has 0 spiro atoms. The molecule has 1 aromatic rings. The van der Waals surface area contributed by atoms with Crippen LogP contribution in [-0.2, 0) is 16.4 Å². The van der Waals surface area contributed by atoms with E-state index in [0.717, 1.165) is 12.0 Å². The van der Waals surface area contributed by atoms with Gasteiger partial charge in [0.2, 0.25) is 10.0 Å². The van der Waals surface area contributed by atoms with E-state index in [1.807, 2.05) is 24.3 Å². The largest absolute Gasteiger partial charge is 0.338 e. The van der Waals surface area contributed by atoms with E-state index >= 15 is 0 Å². The van der Waals surface area contributed by atoms with Crippen molar-refractivity contribution in [2.45, 2.75) is 32.2 Å². The Bertz CT molecular complexity index is 688. The van der Waals surface area contributed by atoms with Gasteiger partial charge in [0.15, 0.2) is 0 Å². The number of rotatable bonds is 6. The molecule has 0 aromatic heterocycles. The lowest BCUT2D eigenvalue weighted by Gasteiger charge is -2.36. The number of benzene rings is 1. The van der Waals surface area contributed by atoms with Gasteiger partial charge in [-0.1, -0.05) is 23.7 Å². The number of piperidine rings is 1. The van der Waals surface area contributed by atoms with Crippen molar-refractivity contribution in [3.63, 3.8) is 0 Å². The molecular weight excluding hydrogens is 362 g/mol. The van der Waals surface area contributed by atoms with Crippen LogP contribution in [0.15, 0.2) is 24.3 Å². The van der Waals surface area contributed by atoms with Crippen LogP contribution in [0.2, 0.25) is 5.02 Å². The fourth-order valence-corrected chi connectivity index (χ4v) is 4.27. The van der Waals surface area contributed by atoms with Crippen LogP contribution in [-0.4, -0.2) is 62.1 Å². The summed E-state index contributed by atoms with van der Waals surface area (Å²) in [6, 6.07) is 7.47. The summed E-state index contributed by atoms with van der Waals surface area (Å²) in [4.78, 5) is 14.0. The molecule has 0 saturated carbocycles. The summed E-state index contributed by atoms with van der Waals surface area (Å²) >= 11 is 5.95. The zero-order valence-electron chi connectivity index (χ0n) is 14.7. The maximum absolute atomic E-state index is 12.2. The number of nitrogens with one attached hydrogen (secondary N) is 1. The molecule has 25 heavy (non-hydrogen) atoms. The molecule has 0 unspecified atom stereocenters. The number of hydrogen-bond acceptors (Lipinski definition) is 3. The van der Waals surface area contributed by atoms with Gasteiger partial charge in [-0.2, -0.15) is 0 Å². The highest BCUT2D eigenvalue weighted by Crippen LogP contribution is 2.18. The summed E-state index contributed by atoms with van der Waals surface area (Å²) in [6.07, 6.45) is 2.05. The van der Waals surface area contributed by atoms with E-state index in [9.17, 15) is 13.2 Å². The smallest absolute Gasteiger partial charge is 0.317 e. The van der Waals surface area contributed by atoms with E-state index < -0.39 is 10.0 Å². The lowest BCUT2D eigenvalue weighted by molar-refractivity contribution is 0.164. The topological polar surface area (TPSA) is 69.7 Å². The number of likely N-dealkylation sites (tertiary alicyclic amines) is 1. The lowest BCUT2D eigenvalue weighted by Crippen LogP contribution is -2.50. The average Bonchev–Trinajstić information content (AvgIpc) is 2.61. The number of carbonyl (C=O) groups is 1. The Morgan fingerprint density at radius 3 is 2.64 bits per heavy atom. The lowest BCUT2D eigenvalue weighted by atomic mass is 10.1. The number of amides is 2. The molecule has 2 rings (SSSR count). The summed E-state index contributed by atoms with van der Waals surface area (Å²) in [7, 11) is -1.55. The number of sulfonamides is 1. The van der Waals surface area contributed by atoms with Gasteiger partial charge < -0.3 is 10.2 Å². The molecule has 1 saturated heterocycles. The second-order valence-electron chi connectivity index (χ2n) is 6.25. The molecule has 140 valence electrons. The van der Waals surface area contributed by atoms with Crippen LogP contribution in [0.1, 0.15) is 25.3 Å². The van der Waals surface area contributed by atoms with Crippen molar-refractivity contribution in [2.75, 3.05) is 32.4 Å². The first-order chi connectivity index (χ1) is 11.8. The third-order valence-electron chi connectivity index (χ3n) is 4.65. The SMILES string of the molecule is CCS(=O)(=O)N(C)C1CCN(C(=O)NCCc2cccc(Cl)c2)CC1. The van der Waals surface area contributed by atoms with Gasteiger partial charge in [-0.25, -0.2) is 17.5 Å². The predicted octanol–water partition coefficient (Wildman–Crippen LogP) is 2.34. The van der Waals surface area contributed by atoms with Crippen LogP contribution in [0.4, 0.5) is 4.79 Å². The summed E-state index contributed by atoms with van der Waals surface area (Å²) in [5.41, 5.74) is 1.08. The molecule has 0 atom stereocenters. The van der Waals surface area contributed by atoms with Crippen LogP contribution >= 0.6 is 11.6 Å². The van der Waals surface area contributed by atoms with Crippen molar-refractivity contribution >= 4 is 27.7 Å². The second kappa shape index (κ2) is 8.87. The predicted molar refractivity (Wildman–Crippen MR) is 100 cm³/mol. The zero-order valence-corrected chi connectivity index (χ0v) is 16.3. The van der Waals surface area contributed by atoms with E-state index in [0.29, 0.717) is 37.5 Å². The Balaban J connectivity index is 1.76. The molecule has 0 bridgehead atoms. The molecule has 2 amide bonds. The molecule has 1 aliphatic heterocycles. The standard InChI is InChI=1S/C17H26ClN3O3S/c1-3-25(23,24)20(2)16-8-11-21(12-9-16)17(22)19-10-7-14-5-4-6-15(18)13-14/h4-6,13,16H,3,7-12H2,1-2H3,(H,19,22). The van der Waals surface area contributed by atoms with Crippen LogP contribution in [0.25, 0.3) is 0 Å². The second-order valence-corrected chi connectivity index (χ2v) is 9.00. The van der Waals surface area contributed by atoms with Crippen LogP contribution < -0.4 is 5.32 Å². The van der Waals surface area contributed by atoms with Gasteiger partial charge in [-0.05, 0) is 43.9 Å². The third kappa shape index (κ3) is 5.59. The van der Waals surface area contributed by atoms with Gasteiger partial charge in [-0.3, -0.25) is 0 Å². The van der Waals surface area contributed by atoms with Crippen molar-refractivity contribution in [3.05, 3.63) is 34.9 Å². The Labute approximate surface area is 155 Å². The van der Waals surface area contributed by atoms with E-state index in [1.165, 1.54) is 4.31 Å². The van der Waals surface area contributed by atoms with Gasteiger partial charge in [0.25, 0.3) is 0 Å². The minimum atomic E-state index is -3.18. The first-order valence-corrected chi connectivity index (χ1v) is 10.5. The van der Waals surface area contributed by atoms with Gasteiger partial charge in [0.05, 0.1) is 5.75 Å². The summed E-state index contributed by atoms with van der Waals surface area (Å²) in [6.45, 7) is 3.33. The Morgan fingerprint density at radius 2 is 2.04 bits per heavy atom. The fourth-order valence-electron chi connectivity index (χ4n) is 2.98. The van der Waals surface area contributed by atoms with Crippen LogP contribution in [0.3, 0.4) is 0 Å². The van der Waals surface area contributed by atoms with E-state index in [-0.39, 0.29) is 17.8 Å². The summed E-state index contributed by atoms with van der Waals surface area (Å²) in [5.74, 6) is 0.105. The number of nitrogens with zero attached hydrogens (tertiary/aromatic N) is 2. The Hall–Kier alpha value is -1.31.